The lowest BCUT2D eigenvalue weighted by Crippen LogP contribution is -2.33. The van der Waals surface area contributed by atoms with Crippen LogP contribution in [0.15, 0.2) is 70.2 Å². The first-order chi connectivity index (χ1) is 14.3. The van der Waals surface area contributed by atoms with Gasteiger partial charge in [-0.3, -0.25) is 9.59 Å². The van der Waals surface area contributed by atoms with Crippen molar-refractivity contribution in [2.24, 2.45) is 0 Å². The van der Waals surface area contributed by atoms with Crippen molar-refractivity contribution in [1.82, 2.24) is 5.32 Å². The number of furan rings is 1. The fourth-order valence-corrected chi connectivity index (χ4v) is 4.38. The van der Waals surface area contributed by atoms with Gasteiger partial charge in [0, 0.05) is 11.3 Å². The molecule has 0 fully saturated rings. The summed E-state index contributed by atoms with van der Waals surface area (Å²) >= 11 is 0. The highest BCUT2D eigenvalue weighted by molar-refractivity contribution is 7.90. The molecule has 2 aromatic carbocycles. The molecule has 0 bridgehead atoms. The van der Waals surface area contributed by atoms with Crippen molar-refractivity contribution in [3.05, 3.63) is 83.3 Å². The van der Waals surface area contributed by atoms with E-state index in [9.17, 15) is 18.0 Å². The molecule has 1 aromatic heterocycles. The molecule has 0 spiro atoms. The Balaban J connectivity index is 1.65. The van der Waals surface area contributed by atoms with Gasteiger partial charge >= 0.3 is 0 Å². The average molecular weight is 426 g/mol. The summed E-state index contributed by atoms with van der Waals surface area (Å²) < 4.78 is 30.3. The number of rotatable bonds is 7. The first kappa shape index (κ1) is 21.3. The van der Waals surface area contributed by atoms with Gasteiger partial charge in [-0.1, -0.05) is 36.4 Å². The SMILES string of the molecule is Cc1cccc(C)c1NC(=O)CNC(=O)c1occc1CS(=O)(=O)c1ccccc1. The van der Waals surface area contributed by atoms with Gasteiger partial charge in [-0.05, 0) is 43.2 Å². The van der Waals surface area contributed by atoms with Crippen molar-refractivity contribution < 1.29 is 22.4 Å². The van der Waals surface area contributed by atoms with E-state index >= 15 is 0 Å². The Labute approximate surface area is 175 Å². The van der Waals surface area contributed by atoms with Gasteiger partial charge < -0.3 is 15.1 Å². The van der Waals surface area contributed by atoms with Crippen LogP contribution in [0.4, 0.5) is 5.69 Å². The Morgan fingerprint density at radius 2 is 1.60 bits per heavy atom. The molecule has 1 heterocycles. The van der Waals surface area contributed by atoms with Gasteiger partial charge in [-0.25, -0.2) is 8.42 Å². The summed E-state index contributed by atoms with van der Waals surface area (Å²) in [6, 6.07) is 15.1. The van der Waals surface area contributed by atoms with E-state index in [2.05, 4.69) is 10.6 Å². The zero-order valence-corrected chi connectivity index (χ0v) is 17.5. The van der Waals surface area contributed by atoms with E-state index in [1.807, 2.05) is 32.0 Å². The minimum atomic E-state index is -3.64. The number of para-hydroxylation sites is 1. The fraction of sp³-hybridized carbons (Fsp3) is 0.182. The van der Waals surface area contributed by atoms with Gasteiger partial charge in [-0.15, -0.1) is 0 Å². The van der Waals surface area contributed by atoms with E-state index in [0.717, 1.165) is 11.1 Å². The van der Waals surface area contributed by atoms with Crippen LogP contribution in [0.2, 0.25) is 0 Å². The van der Waals surface area contributed by atoms with Crippen LogP contribution >= 0.6 is 0 Å². The standard InChI is InChI=1S/C22H22N2O5S/c1-15-7-6-8-16(2)20(15)24-19(25)13-23-22(26)21-17(11-12-29-21)14-30(27,28)18-9-4-3-5-10-18/h3-12H,13-14H2,1-2H3,(H,23,26)(H,24,25). The van der Waals surface area contributed by atoms with Crippen molar-refractivity contribution in [1.29, 1.82) is 0 Å². The number of amides is 2. The molecule has 7 nitrogen and oxygen atoms in total. The van der Waals surface area contributed by atoms with Crippen molar-refractivity contribution in [3.8, 4) is 0 Å². The van der Waals surface area contributed by atoms with Crippen LogP contribution in [0.1, 0.15) is 27.2 Å². The molecule has 0 radical (unpaired) electrons. The van der Waals surface area contributed by atoms with Gasteiger partial charge in [0.15, 0.2) is 15.6 Å². The fourth-order valence-electron chi connectivity index (χ4n) is 3.00. The molecular weight excluding hydrogens is 404 g/mol. The molecular formula is C22H22N2O5S. The molecule has 30 heavy (non-hydrogen) atoms. The van der Waals surface area contributed by atoms with E-state index in [-0.39, 0.29) is 28.5 Å². The van der Waals surface area contributed by atoms with E-state index in [0.29, 0.717) is 5.69 Å². The number of aryl methyl sites for hydroxylation is 2. The smallest absolute Gasteiger partial charge is 0.287 e. The van der Waals surface area contributed by atoms with Gasteiger partial charge in [-0.2, -0.15) is 0 Å². The third-order valence-electron chi connectivity index (χ3n) is 4.56. The van der Waals surface area contributed by atoms with Crippen molar-refractivity contribution >= 4 is 27.3 Å². The second kappa shape index (κ2) is 8.96. The van der Waals surface area contributed by atoms with E-state index < -0.39 is 21.7 Å². The number of anilines is 1. The lowest BCUT2D eigenvalue weighted by molar-refractivity contribution is -0.115. The Morgan fingerprint density at radius 1 is 0.933 bits per heavy atom. The van der Waals surface area contributed by atoms with Crippen molar-refractivity contribution in [3.63, 3.8) is 0 Å². The Morgan fingerprint density at radius 3 is 2.27 bits per heavy atom. The zero-order chi connectivity index (χ0) is 21.7. The number of carbonyl (C=O) groups excluding carboxylic acids is 2. The Kier molecular flexibility index (Phi) is 6.37. The van der Waals surface area contributed by atoms with Crippen LogP contribution in [0, 0.1) is 13.8 Å². The summed E-state index contributed by atoms with van der Waals surface area (Å²) in [5.74, 6) is -1.57. The second-order valence-corrected chi connectivity index (χ2v) is 8.83. The quantitative estimate of drug-likeness (QED) is 0.603. The molecule has 2 amide bonds. The summed E-state index contributed by atoms with van der Waals surface area (Å²) in [7, 11) is -3.64. The van der Waals surface area contributed by atoms with E-state index in [1.165, 1.54) is 24.5 Å². The van der Waals surface area contributed by atoms with Gasteiger partial charge in [0.05, 0.1) is 23.5 Å². The van der Waals surface area contributed by atoms with Crippen LogP contribution in [-0.4, -0.2) is 26.8 Å². The predicted molar refractivity (Wildman–Crippen MR) is 113 cm³/mol. The molecule has 0 aliphatic heterocycles. The zero-order valence-electron chi connectivity index (χ0n) is 16.6. The Bertz CT molecular complexity index is 1150. The van der Waals surface area contributed by atoms with Gasteiger partial charge in [0.25, 0.3) is 5.91 Å². The minimum Gasteiger partial charge on any atom is -0.459 e. The first-order valence-electron chi connectivity index (χ1n) is 9.26. The molecule has 0 atom stereocenters. The monoisotopic (exact) mass is 426 g/mol. The van der Waals surface area contributed by atoms with Gasteiger partial charge in [0.2, 0.25) is 5.91 Å². The van der Waals surface area contributed by atoms with Crippen LogP contribution < -0.4 is 10.6 Å². The van der Waals surface area contributed by atoms with Gasteiger partial charge in [0.1, 0.15) is 0 Å². The predicted octanol–water partition coefficient (Wildman–Crippen LogP) is 3.24. The molecule has 3 rings (SSSR count). The lowest BCUT2D eigenvalue weighted by atomic mass is 10.1. The highest BCUT2D eigenvalue weighted by atomic mass is 32.2. The third-order valence-corrected chi connectivity index (χ3v) is 6.24. The average Bonchev–Trinajstić information content (AvgIpc) is 3.17. The molecule has 3 aromatic rings. The second-order valence-electron chi connectivity index (χ2n) is 6.84. The molecule has 0 aliphatic rings. The summed E-state index contributed by atoms with van der Waals surface area (Å²) in [6.07, 6.45) is 1.25. The van der Waals surface area contributed by atoms with Crippen molar-refractivity contribution in [2.75, 3.05) is 11.9 Å². The maximum absolute atomic E-state index is 12.6. The topological polar surface area (TPSA) is 105 Å². The Hall–Kier alpha value is -3.39. The van der Waals surface area contributed by atoms with Crippen LogP contribution in [0.3, 0.4) is 0 Å². The first-order valence-corrected chi connectivity index (χ1v) is 10.9. The number of benzene rings is 2. The number of hydrogen-bond donors (Lipinski definition) is 2. The summed E-state index contributed by atoms with van der Waals surface area (Å²) in [5.41, 5.74) is 2.75. The molecule has 156 valence electrons. The summed E-state index contributed by atoms with van der Waals surface area (Å²) in [4.78, 5) is 24.9. The van der Waals surface area contributed by atoms with Crippen molar-refractivity contribution in [2.45, 2.75) is 24.5 Å². The highest BCUT2D eigenvalue weighted by Gasteiger charge is 2.22. The van der Waals surface area contributed by atoms with Crippen LogP contribution in [0.25, 0.3) is 0 Å². The number of carbonyl (C=O) groups is 2. The molecule has 0 saturated heterocycles. The minimum absolute atomic E-state index is 0.130. The van der Waals surface area contributed by atoms with E-state index in [1.54, 1.807) is 18.2 Å². The maximum Gasteiger partial charge on any atom is 0.287 e. The van der Waals surface area contributed by atoms with E-state index in [4.69, 9.17) is 4.42 Å². The molecule has 2 N–H and O–H groups in total. The van der Waals surface area contributed by atoms with Crippen LogP contribution in [0.5, 0.6) is 0 Å². The maximum atomic E-state index is 12.6. The number of nitrogens with one attached hydrogen (secondary N) is 2. The summed E-state index contributed by atoms with van der Waals surface area (Å²) in [5, 5.41) is 5.24. The molecule has 8 heteroatoms. The molecule has 0 saturated carbocycles. The number of sulfone groups is 1. The lowest BCUT2D eigenvalue weighted by Gasteiger charge is -2.12. The molecule has 0 unspecified atom stereocenters. The largest absolute Gasteiger partial charge is 0.459 e. The summed E-state index contributed by atoms with van der Waals surface area (Å²) in [6.45, 7) is 3.48. The highest BCUT2D eigenvalue weighted by Crippen LogP contribution is 2.20. The van der Waals surface area contributed by atoms with Crippen LogP contribution in [-0.2, 0) is 20.4 Å². The molecule has 0 aliphatic carbocycles. The third kappa shape index (κ3) is 4.96. The normalized spacial score (nSPS) is 11.1. The number of hydrogen-bond acceptors (Lipinski definition) is 5.